The van der Waals surface area contributed by atoms with Crippen molar-refractivity contribution in [2.75, 3.05) is 6.54 Å². The second-order valence-electron chi connectivity index (χ2n) is 8.62. The number of carbonyl (C=O) groups is 1. The Morgan fingerprint density at radius 1 is 0.853 bits per heavy atom. The first kappa shape index (κ1) is 24.1. The van der Waals surface area contributed by atoms with E-state index in [4.69, 9.17) is 0 Å². The van der Waals surface area contributed by atoms with E-state index >= 15 is 0 Å². The molecule has 0 unspecified atom stereocenters. The van der Waals surface area contributed by atoms with Gasteiger partial charge < -0.3 is 5.32 Å². The lowest BCUT2D eigenvalue weighted by Crippen LogP contribution is -2.47. The average molecular weight is 481 g/mol. The fourth-order valence-electron chi connectivity index (χ4n) is 4.52. The van der Waals surface area contributed by atoms with Crippen LogP contribution < -0.4 is 5.32 Å². The molecule has 1 fully saturated rings. The summed E-state index contributed by atoms with van der Waals surface area (Å²) in [6.45, 7) is -0.291. The van der Waals surface area contributed by atoms with Gasteiger partial charge in [-0.15, -0.1) is 0 Å². The van der Waals surface area contributed by atoms with Crippen LogP contribution in [0.4, 0.5) is 4.39 Å². The molecule has 1 aliphatic rings. The van der Waals surface area contributed by atoms with E-state index in [1.165, 1.54) is 16.4 Å². The van der Waals surface area contributed by atoms with Crippen LogP contribution in [0, 0.1) is 5.82 Å². The molecule has 3 aromatic carbocycles. The molecule has 0 radical (unpaired) electrons. The molecule has 4 rings (SSSR count). The summed E-state index contributed by atoms with van der Waals surface area (Å²) in [6, 6.07) is 23.3. The van der Waals surface area contributed by atoms with Gasteiger partial charge in [0, 0.05) is 6.04 Å². The molecule has 1 N–H and O–H groups in total. The Morgan fingerprint density at radius 2 is 1.38 bits per heavy atom. The van der Waals surface area contributed by atoms with Gasteiger partial charge in [0.25, 0.3) is 0 Å². The van der Waals surface area contributed by atoms with E-state index in [1.54, 1.807) is 0 Å². The minimum Gasteiger partial charge on any atom is -0.344 e. The van der Waals surface area contributed by atoms with E-state index in [0.29, 0.717) is 12.8 Å². The number of carbonyl (C=O) groups excluding carboxylic acids is 1. The van der Waals surface area contributed by atoms with E-state index < -0.39 is 21.9 Å². The summed E-state index contributed by atoms with van der Waals surface area (Å²) >= 11 is 0. The summed E-state index contributed by atoms with van der Waals surface area (Å²) in [7, 11) is -3.97. The van der Waals surface area contributed by atoms with Gasteiger partial charge in [-0.25, -0.2) is 12.8 Å². The molecule has 0 atom stereocenters. The fourth-order valence-corrected chi connectivity index (χ4v) is 6.16. The third-order valence-electron chi connectivity index (χ3n) is 6.27. The number of halogens is 1. The molecule has 178 valence electrons. The van der Waals surface area contributed by atoms with Gasteiger partial charge in [0.15, 0.2) is 0 Å². The molecule has 0 aliphatic heterocycles. The van der Waals surface area contributed by atoms with Crippen LogP contribution in [0.3, 0.4) is 0 Å². The number of sulfonamides is 1. The Balaban J connectivity index is 1.61. The zero-order valence-electron chi connectivity index (χ0n) is 18.9. The van der Waals surface area contributed by atoms with Crippen LogP contribution in [0.2, 0.25) is 0 Å². The summed E-state index contributed by atoms with van der Waals surface area (Å²) in [6.07, 6.45) is 4.29. The Labute approximate surface area is 200 Å². The van der Waals surface area contributed by atoms with Crippen LogP contribution in [0.15, 0.2) is 89.8 Å². The summed E-state index contributed by atoms with van der Waals surface area (Å²) in [5.74, 6) is -0.886. The molecule has 5 nitrogen and oxygen atoms in total. The molecule has 0 spiro atoms. The lowest BCUT2D eigenvalue weighted by molar-refractivity contribution is -0.122. The number of hydrogen-bond donors (Lipinski definition) is 1. The summed E-state index contributed by atoms with van der Waals surface area (Å²) in [4.78, 5) is 13.3. The van der Waals surface area contributed by atoms with Crippen molar-refractivity contribution in [2.45, 2.75) is 49.1 Å². The van der Waals surface area contributed by atoms with Gasteiger partial charge in [-0.05, 0) is 48.2 Å². The first-order valence-corrected chi connectivity index (χ1v) is 13.1. The molecular weight excluding hydrogens is 451 g/mol. The Hall–Kier alpha value is -3.03. The van der Waals surface area contributed by atoms with Gasteiger partial charge in [-0.2, -0.15) is 4.31 Å². The van der Waals surface area contributed by atoms with Crippen molar-refractivity contribution in [3.63, 3.8) is 0 Å². The van der Waals surface area contributed by atoms with Gasteiger partial charge in [0.1, 0.15) is 5.82 Å². The second kappa shape index (κ2) is 10.9. The van der Waals surface area contributed by atoms with Crippen molar-refractivity contribution in [1.82, 2.24) is 9.62 Å². The second-order valence-corrected chi connectivity index (χ2v) is 10.5. The normalized spacial score (nSPS) is 14.9. The van der Waals surface area contributed by atoms with Crippen molar-refractivity contribution in [3.8, 4) is 0 Å². The van der Waals surface area contributed by atoms with Gasteiger partial charge in [-0.1, -0.05) is 79.9 Å². The highest BCUT2D eigenvalue weighted by atomic mass is 32.2. The Morgan fingerprint density at radius 3 is 1.91 bits per heavy atom. The number of hydrogen-bond acceptors (Lipinski definition) is 3. The number of nitrogens with one attached hydrogen (secondary N) is 1. The van der Waals surface area contributed by atoms with Crippen LogP contribution in [0.25, 0.3) is 0 Å². The van der Waals surface area contributed by atoms with Gasteiger partial charge >= 0.3 is 0 Å². The van der Waals surface area contributed by atoms with Crippen LogP contribution in [-0.4, -0.2) is 31.2 Å². The maximum absolute atomic E-state index is 13.5. The summed E-state index contributed by atoms with van der Waals surface area (Å²) < 4.78 is 41.8. The summed E-state index contributed by atoms with van der Waals surface area (Å²) in [5, 5.41) is 3.05. The number of benzene rings is 3. The quantitative estimate of drug-likeness (QED) is 0.490. The molecule has 3 aromatic rings. The number of nitrogens with zero attached hydrogens (tertiary/aromatic N) is 1. The standard InChI is InChI=1S/C27H29FN2O3S/c28-23-16-18-25(19-17-23)34(32,33)30(24-14-8-3-9-15-24)20-26(31)29-27(21-10-4-1-5-11-21)22-12-6-2-7-13-22/h1-2,4-7,10-13,16-19,24,27H,3,8-9,14-15,20H2,(H,29,31). The topological polar surface area (TPSA) is 66.5 Å². The van der Waals surface area contributed by atoms with Gasteiger partial charge in [0.05, 0.1) is 17.5 Å². The van der Waals surface area contributed by atoms with E-state index in [0.717, 1.165) is 42.5 Å². The van der Waals surface area contributed by atoms with E-state index in [1.807, 2.05) is 60.7 Å². The molecule has 1 aliphatic carbocycles. The average Bonchev–Trinajstić information content (AvgIpc) is 2.87. The molecule has 1 saturated carbocycles. The molecule has 0 bridgehead atoms. The van der Waals surface area contributed by atoms with Crippen LogP contribution >= 0.6 is 0 Å². The third-order valence-corrected chi connectivity index (χ3v) is 8.19. The third kappa shape index (κ3) is 5.72. The molecule has 1 amide bonds. The smallest absolute Gasteiger partial charge is 0.243 e. The highest BCUT2D eigenvalue weighted by molar-refractivity contribution is 7.89. The van der Waals surface area contributed by atoms with Crippen LogP contribution in [0.1, 0.15) is 49.3 Å². The van der Waals surface area contributed by atoms with Crippen molar-refractivity contribution < 1.29 is 17.6 Å². The van der Waals surface area contributed by atoms with Crippen LogP contribution in [0.5, 0.6) is 0 Å². The van der Waals surface area contributed by atoms with Crippen LogP contribution in [-0.2, 0) is 14.8 Å². The lowest BCUT2D eigenvalue weighted by atomic mass is 9.95. The highest BCUT2D eigenvalue weighted by Crippen LogP contribution is 2.28. The molecule has 0 heterocycles. The largest absolute Gasteiger partial charge is 0.344 e. The predicted molar refractivity (Wildman–Crippen MR) is 130 cm³/mol. The van der Waals surface area contributed by atoms with Crippen molar-refractivity contribution in [2.24, 2.45) is 0 Å². The van der Waals surface area contributed by atoms with E-state index in [2.05, 4.69) is 5.32 Å². The highest BCUT2D eigenvalue weighted by Gasteiger charge is 2.34. The van der Waals surface area contributed by atoms with Gasteiger partial charge in [-0.3, -0.25) is 4.79 Å². The SMILES string of the molecule is O=C(CN(C1CCCCC1)S(=O)(=O)c1ccc(F)cc1)NC(c1ccccc1)c1ccccc1. The van der Waals surface area contributed by atoms with Crippen molar-refractivity contribution in [3.05, 3.63) is 102 Å². The van der Waals surface area contributed by atoms with Crippen molar-refractivity contribution >= 4 is 15.9 Å². The fraction of sp³-hybridized carbons (Fsp3) is 0.296. The predicted octanol–water partition coefficient (Wildman–Crippen LogP) is 5.05. The molecule has 34 heavy (non-hydrogen) atoms. The van der Waals surface area contributed by atoms with E-state index in [-0.39, 0.29) is 23.4 Å². The van der Waals surface area contributed by atoms with Gasteiger partial charge in [0.2, 0.25) is 15.9 Å². The minimum atomic E-state index is -3.97. The summed E-state index contributed by atoms with van der Waals surface area (Å²) in [5.41, 5.74) is 1.82. The molecular formula is C27H29FN2O3S. The maximum Gasteiger partial charge on any atom is 0.243 e. The monoisotopic (exact) mass is 480 g/mol. The minimum absolute atomic E-state index is 0.00468. The zero-order chi connectivity index (χ0) is 24.0. The van der Waals surface area contributed by atoms with Crippen molar-refractivity contribution in [1.29, 1.82) is 0 Å². The molecule has 0 saturated heterocycles. The lowest BCUT2D eigenvalue weighted by Gasteiger charge is -2.33. The first-order chi connectivity index (χ1) is 16.4. The number of amides is 1. The molecule has 0 aromatic heterocycles. The number of rotatable bonds is 8. The first-order valence-electron chi connectivity index (χ1n) is 11.6. The Kier molecular flexibility index (Phi) is 7.75. The zero-order valence-corrected chi connectivity index (χ0v) is 19.8. The van der Waals surface area contributed by atoms with E-state index in [9.17, 15) is 17.6 Å². The maximum atomic E-state index is 13.5. The Bertz CT molecular complexity index is 1140. The molecule has 7 heteroatoms.